The lowest BCUT2D eigenvalue weighted by atomic mass is 9.98. The second kappa shape index (κ2) is 4.85. The molecule has 0 amide bonds. The van der Waals surface area contributed by atoms with E-state index in [0.29, 0.717) is 5.76 Å². The lowest BCUT2D eigenvalue weighted by Crippen LogP contribution is -2.56. The number of aliphatic hydroxyl groups is 2. The third-order valence-corrected chi connectivity index (χ3v) is 8.53. The molecular formula is C14H16O6S2. The van der Waals surface area contributed by atoms with Crippen LogP contribution in [0.25, 0.3) is 0 Å². The molecule has 0 aromatic carbocycles. The maximum atomic E-state index is 12.7. The van der Waals surface area contributed by atoms with E-state index in [9.17, 15) is 18.6 Å². The molecule has 0 bridgehead atoms. The number of hydrogen-bond donors (Lipinski definition) is 2. The minimum Gasteiger partial charge on any atom is -0.465 e. The van der Waals surface area contributed by atoms with Gasteiger partial charge in [-0.3, -0.25) is 0 Å². The Kier molecular flexibility index (Phi) is 3.25. The first-order valence-corrected chi connectivity index (χ1v) is 9.52. The lowest BCUT2D eigenvalue weighted by molar-refractivity contribution is -0.231. The van der Waals surface area contributed by atoms with Crippen LogP contribution in [0.2, 0.25) is 0 Å². The molecule has 0 aromatic heterocycles. The van der Waals surface area contributed by atoms with Gasteiger partial charge in [-0.15, -0.1) is 0 Å². The van der Waals surface area contributed by atoms with Crippen LogP contribution < -0.4 is 0 Å². The Labute approximate surface area is 132 Å². The van der Waals surface area contributed by atoms with Gasteiger partial charge in [0.2, 0.25) is 6.29 Å². The molecule has 3 aliphatic heterocycles. The van der Waals surface area contributed by atoms with Crippen LogP contribution in [0, 0.1) is 5.92 Å². The maximum Gasteiger partial charge on any atom is 0.214 e. The summed E-state index contributed by atoms with van der Waals surface area (Å²) in [5, 5.41) is 18.8. The first-order valence-electron chi connectivity index (χ1n) is 7.09. The van der Waals surface area contributed by atoms with Crippen molar-refractivity contribution < 1.29 is 28.1 Å². The number of allylic oxidation sites excluding steroid dienone is 3. The molecule has 0 aromatic rings. The van der Waals surface area contributed by atoms with Gasteiger partial charge in [-0.05, 0) is 6.92 Å². The molecule has 3 heterocycles. The number of ether oxygens (including phenoxy) is 2. The normalized spacial score (nSPS) is 48.4. The number of thioether (sulfide) groups is 1. The Hall–Kier alpha value is -0.800. The van der Waals surface area contributed by atoms with Crippen molar-refractivity contribution in [2.75, 3.05) is 0 Å². The highest BCUT2D eigenvalue weighted by atomic mass is 32.3. The molecule has 0 saturated carbocycles. The summed E-state index contributed by atoms with van der Waals surface area (Å²) in [7, 11) is -3.52. The van der Waals surface area contributed by atoms with Crippen molar-refractivity contribution in [3.63, 3.8) is 0 Å². The summed E-state index contributed by atoms with van der Waals surface area (Å²) in [6.07, 6.45) is 3.48. The Morgan fingerprint density at radius 2 is 1.91 bits per heavy atom. The largest absolute Gasteiger partial charge is 0.465 e. The third-order valence-electron chi connectivity index (χ3n) is 4.48. The van der Waals surface area contributed by atoms with Crippen molar-refractivity contribution in [3.8, 4) is 0 Å². The van der Waals surface area contributed by atoms with Crippen LogP contribution in [-0.2, 0) is 19.3 Å². The highest BCUT2D eigenvalue weighted by Crippen LogP contribution is 2.52. The molecule has 4 aliphatic rings. The third kappa shape index (κ3) is 1.88. The second-order valence-electron chi connectivity index (χ2n) is 5.85. The molecule has 0 spiro atoms. The second-order valence-corrected chi connectivity index (χ2v) is 9.34. The summed E-state index contributed by atoms with van der Waals surface area (Å²) in [5.41, 5.74) is 0. The minimum absolute atomic E-state index is 0.157. The van der Waals surface area contributed by atoms with Gasteiger partial charge in [0.05, 0.1) is 17.3 Å². The number of rotatable bonds is 0. The van der Waals surface area contributed by atoms with E-state index in [2.05, 4.69) is 0 Å². The Morgan fingerprint density at radius 1 is 1.18 bits per heavy atom. The summed E-state index contributed by atoms with van der Waals surface area (Å²) in [6.45, 7) is 1.65. The van der Waals surface area contributed by atoms with Crippen molar-refractivity contribution in [3.05, 3.63) is 34.3 Å². The van der Waals surface area contributed by atoms with Crippen LogP contribution in [0.4, 0.5) is 0 Å². The first-order chi connectivity index (χ1) is 10.4. The zero-order valence-electron chi connectivity index (χ0n) is 11.7. The number of sulfone groups is 1. The smallest absolute Gasteiger partial charge is 0.214 e. The van der Waals surface area contributed by atoms with Crippen molar-refractivity contribution in [2.45, 2.75) is 42.0 Å². The number of aliphatic hydroxyl groups excluding tert-OH is 2. The molecule has 120 valence electrons. The zero-order valence-corrected chi connectivity index (χ0v) is 13.3. The molecule has 8 heteroatoms. The van der Waals surface area contributed by atoms with E-state index in [4.69, 9.17) is 9.47 Å². The van der Waals surface area contributed by atoms with E-state index in [0.717, 1.165) is 11.8 Å². The van der Waals surface area contributed by atoms with Gasteiger partial charge in [-0.25, -0.2) is 8.42 Å². The van der Waals surface area contributed by atoms with Crippen LogP contribution in [0.5, 0.6) is 0 Å². The van der Waals surface area contributed by atoms with E-state index in [1.54, 1.807) is 25.2 Å². The fourth-order valence-electron chi connectivity index (χ4n) is 3.24. The van der Waals surface area contributed by atoms with Gasteiger partial charge in [-0.1, -0.05) is 36.1 Å². The maximum absolute atomic E-state index is 12.7. The van der Waals surface area contributed by atoms with E-state index < -0.39 is 44.9 Å². The van der Waals surface area contributed by atoms with Crippen molar-refractivity contribution >= 4 is 21.6 Å². The Morgan fingerprint density at radius 3 is 2.68 bits per heavy atom. The molecule has 2 N–H and O–H groups in total. The summed E-state index contributed by atoms with van der Waals surface area (Å²) < 4.78 is 36.9. The molecule has 7 unspecified atom stereocenters. The van der Waals surface area contributed by atoms with Gasteiger partial charge in [0.25, 0.3) is 0 Å². The molecule has 22 heavy (non-hydrogen) atoms. The number of fused-ring (bicyclic) bond motifs is 3. The van der Waals surface area contributed by atoms with Crippen molar-refractivity contribution in [1.29, 1.82) is 0 Å². The predicted octanol–water partition coefficient (Wildman–Crippen LogP) is 0.293. The van der Waals surface area contributed by atoms with Crippen LogP contribution >= 0.6 is 11.8 Å². The molecule has 1 aliphatic carbocycles. The van der Waals surface area contributed by atoms with Gasteiger partial charge in [-0.2, -0.15) is 0 Å². The predicted molar refractivity (Wildman–Crippen MR) is 80.3 cm³/mol. The average molecular weight is 344 g/mol. The van der Waals surface area contributed by atoms with Crippen molar-refractivity contribution in [2.24, 2.45) is 5.92 Å². The highest BCUT2D eigenvalue weighted by molar-refractivity contribution is 8.19. The van der Waals surface area contributed by atoms with E-state index in [1.165, 1.54) is 0 Å². The topological polar surface area (TPSA) is 93.1 Å². The van der Waals surface area contributed by atoms with Crippen LogP contribution in [0.3, 0.4) is 0 Å². The molecule has 0 radical (unpaired) electrons. The fourth-order valence-corrected chi connectivity index (χ4v) is 7.13. The van der Waals surface area contributed by atoms with Gasteiger partial charge in [0, 0.05) is 0 Å². The standard InChI is InChI=1S/C14H16O6S2/c1-6-9(15)10(16)12-13(19-6)20-11-7-4-2-3-5-8(7)22(17,18)14(11)21-12/h2-10,12-13,15-16H,1H3. The lowest BCUT2D eigenvalue weighted by Gasteiger charge is -2.43. The monoisotopic (exact) mass is 344 g/mol. The highest BCUT2D eigenvalue weighted by Gasteiger charge is 2.55. The molecule has 6 nitrogen and oxygen atoms in total. The van der Waals surface area contributed by atoms with Crippen LogP contribution in [0.1, 0.15) is 6.92 Å². The summed E-state index contributed by atoms with van der Waals surface area (Å²) >= 11 is 1.04. The Balaban J connectivity index is 1.75. The van der Waals surface area contributed by atoms with Gasteiger partial charge in [0.15, 0.2) is 9.84 Å². The molecule has 4 rings (SSSR count). The van der Waals surface area contributed by atoms with Gasteiger partial charge < -0.3 is 19.7 Å². The SMILES string of the molecule is CC1OC2OC3=C(SC2C(O)C1O)S(=O)(=O)C1C=CC=CC31. The van der Waals surface area contributed by atoms with E-state index >= 15 is 0 Å². The van der Waals surface area contributed by atoms with Crippen molar-refractivity contribution in [1.82, 2.24) is 0 Å². The molecule has 1 saturated heterocycles. The first kappa shape index (κ1) is 14.8. The van der Waals surface area contributed by atoms with Gasteiger partial charge >= 0.3 is 0 Å². The molecule has 7 atom stereocenters. The zero-order chi connectivity index (χ0) is 15.6. The summed E-state index contributed by atoms with van der Waals surface area (Å²) in [5.74, 6) is 0.0500. The minimum atomic E-state index is -3.52. The molecular weight excluding hydrogens is 328 g/mol. The van der Waals surface area contributed by atoms with E-state index in [-0.39, 0.29) is 10.2 Å². The summed E-state index contributed by atoms with van der Waals surface area (Å²) in [4.78, 5) is 0. The quantitative estimate of drug-likeness (QED) is 0.652. The fraction of sp³-hybridized carbons (Fsp3) is 0.571. The van der Waals surface area contributed by atoms with Crippen LogP contribution in [-0.4, -0.2) is 53.7 Å². The van der Waals surface area contributed by atoms with E-state index in [1.807, 2.05) is 6.08 Å². The summed E-state index contributed by atoms with van der Waals surface area (Å²) in [6, 6.07) is 0. The number of hydrogen-bond acceptors (Lipinski definition) is 7. The molecule has 1 fully saturated rings. The van der Waals surface area contributed by atoms with Gasteiger partial charge in [0.1, 0.15) is 27.5 Å². The average Bonchev–Trinajstić information content (AvgIpc) is 2.72. The Bertz CT molecular complexity index is 694. The van der Waals surface area contributed by atoms with Crippen LogP contribution in [0.15, 0.2) is 34.3 Å².